The molecule has 0 aliphatic heterocycles. The lowest BCUT2D eigenvalue weighted by Gasteiger charge is -2.13. The molecule has 2 heterocycles. The minimum Gasteiger partial charge on any atom is -0.408 e. The van der Waals surface area contributed by atoms with E-state index in [-0.39, 0.29) is 5.82 Å². The maximum Gasteiger partial charge on any atom is 0.292 e. The summed E-state index contributed by atoms with van der Waals surface area (Å²) >= 11 is 6.79. The Labute approximate surface area is 136 Å². The van der Waals surface area contributed by atoms with E-state index in [1.165, 1.54) is 17.0 Å². The third-order valence-corrected chi connectivity index (χ3v) is 4.33. The minimum atomic E-state index is -0.222. The molecule has 1 atom stereocenters. The number of nitrogens with zero attached hydrogens (tertiary/aromatic N) is 2. The van der Waals surface area contributed by atoms with Crippen molar-refractivity contribution < 1.29 is 13.7 Å². The molecule has 114 valence electrons. The Kier molecular flexibility index (Phi) is 4.47. The smallest absolute Gasteiger partial charge is 0.292 e. The van der Waals surface area contributed by atoms with Crippen molar-refractivity contribution in [2.75, 3.05) is 7.05 Å². The van der Waals surface area contributed by atoms with Gasteiger partial charge in [0.1, 0.15) is 12.4 Å². The quantitative estimate of drug-likeness (QED) is 0.728. The first kappa shape index (κ1) is 15.1. The van der Waals surface area contributed by atoms with Crippen LogP contribution in [0.4, 0.5) is 4.39 Å². The lowest BCUT2D eigenvalue weighted by Crippen LogP contribution is -3.07. The summed E-state index contributed by atoms with van der Waals surface area (Å²) < 4.78 is 20.1. The number of halogens is 1. The summed E-state index contributed by atoms with van der Waals surface area (Å²) in [5.41, 5.74) is 1.06. The molecule has 0 saturated carbocycles. The zero-order valence-electron chi connectivity index (χ0n) is 12.0. The predicted octanol–water partition coefficient (Wildman–Crippen LogP) is 2.75. The summed E-state index contributed by atoms with van der Waals surface area (Å²) in [6.45, 7) is 1.34. The minimum absolute atomic E-state index is 0.222. The molecule has 2 aromatic heterocycles. The van der Waals surface area contributed by atoms with Crippen LogP contribution in [0.25, 0.3) is 10.8 Å². The number of benzene rings is 1. The maximum absolute atomic E-state index is 12.9. The van der Waals surface area contributed by atoms with E-state index in [2.05, 4.69) is 5.10 Å². The van der Waals surface area contributed by atoms with Crippen molar-refractivity contribution >= 4 is 23.6 Å². The first-order chi connectivity index (χ1) is 10.6. The lowest BCUT2D eigenvalue weighted by molar-refractivity contribution is -0.917. The standard InChI is InChI=1S/C15H14FN3OS2/c1-18(9-11-4-6-12(16)7-5-11)10-19-15(21)20-14(17-19)13-3-2-8-22-13/h2-8H,9-10H2,1H3/p+1. The number of nitrogens with one attached hydrogen (secondary N) is 1. The molecule has 3 aromatic rings. The third-order valence-electron chi connectivity index (χ3n) is 3.18. The van der Waals surface area contributed by atoms with Gasteiger partial charge in [-0.3, -0.25) is 0 Å². The van der Waals surface area contributed by atoms with E-state index in [4.69, 9.17) is 16.6 Å². The van der Waals surface area contributed by atoms with E-state index in [1.807, 2.05) is 24.6 Å². The Balaban J connectivity index is 1.70. The highest BCUT2D eigenvalue weighted by Crippen LogP contribution is 2.22. The van der Waals surface area contributed by atoms with Gasteiger partial charge in [-0.2, -0.15) is 4.68 Å². The van der Waals surface area contributed by atoms with Crippen LogP contribution in [0.15, 0.2) is 46.2 Å². The normalized spacial score (nSPS) is 12.5. The van der Waals surface area contributed by atoms with Gasteiger partial charge in [-0.1, -0.05) is 18.2 Å². The number of thiophene rings is 1. The van der Waals surface area contributed by atoms with E-state index >= 15 is 0 Å². The zero-order valence-corrected chi connectivity index (χ0v) is 13.6. The Morgan fingerprint density at radius 1 is 1.32 bits per heavy atom. The van der Waals surface area contributed by atoms with Crippen LogP contribution in [0, 0.1) is 10.7 Å². The molecule has 0 aliphatic rings. The second kappa shape index (κ2) is 6.51. The second-order valence-electron chi connectivity index (χ2n) is 5.07. The van der Waals surface area contributed by atoms with Crippen LogP contribution in [0.2, 0.25) is 0 Å². The summed E-state index contributed by atoms with van der Waals surface area (Å²) in [6.07, 6.45) is 0. The van der Waals surface area contributed by atoms with Crippen molar-refractivity contribution in [2.24, 2.45) is 0 Å². The monoisotopic (exact) mass is 336 g/mol. The van der Waals surface area contributed by atoms with Gasteiger partial charge < -0.3 is 9.32 Å². The van der Waals surface area contributed by atoms with Crippen LogP contribution in [0.1, 0.15) is 5.56 Å². The van der Waals surface area contributed by atoms with Gasteiger partial charge >= 0.3 is 0 Å². The zero-order chi connectivity index (χ0) is 15.5. The SMILES string of the molecule is C[NH+](Cc1ccc(F)cc1)Cn1nc(-c2cccs2)oc1=S. The molecule has 0 fully saturated rings. The number of hydrogen-bond donors (Lipinski definition) is 1. The Morgan fingerprint density at radius 3 is 2.77 bits per heavy atom. The van der Waals surface area contributed by atoms with E-state index in [0.717, 1.165) is 17.0 Å². The Bertz CT molecular complexity index is 793. The van der Waals surface area contributed by atoms with Crippen LogP contribution in [0.5, 0.6) is 0 Å². The highest BCUT2D eigenvalue weighted by atomic mass is 32.1. The summed E-state index contributed by atoms with van der Waals surface area (Å²) in [7, 11) is 2.03. The molecular weight excluding hydrogens is 321 g/mol. The van der Waals surface area contributed by atoms with Crippen LogP contribution >= 0.6 is 23.6 Å². The molecule has 0 bridgehead atoms. The summed E-state index contributed by atoms with van der Waals surface area (Å²) in [5.74, 6) is 0.329. The van der Waals surface area contributed by atoms with Gasteiger partial charge in [0.2, 0.25) is 0 Å². The first-order valence-electron chi connectivity index (χ1n) is 6.79. The average molecular weight is 336 g/mol. The van der Waals surface area contributed by atoms with Crippen molar-refractivity contribution in [3.8, 4) is 10.8 Å². The highest BCUT2D eigenvalue weighted by Gasteiger charge is 2.12. The molecule has 1 unspecified atom stereocenters. The van der Waals surface area contributed by atoms with Crippen LogP contribution in [0.3, 0.4) is 0 Å². The van der Waals surface area contributed by atoms with Crippen LogP contribution in [-0.2, 0) is 13.2 Å². The Morgan fingerprint density at radius 2 is 2.09 bits per heavy atom. The van der Waals surface area contributed by atoms with Gasteiger partial charge in [-0.25, -0.2) is 4.39 Å². The van der Waals surface area contributed by atoms with Crippen molar-refractivity contribution in [2.45, 2.75) is 13.2 Å². The molecule has 0 spiro atoms. The summed E-state index contributed by atoms with van der Waals surface area (Å²) in [4.78, 5) is 2.50. The molecule has 1 N–H and O–H groups in total. The van der Waals surface area contributed by atoms with Crippen molar-refractivity contribution in [1.29, 1.82) is 0 Å². The summed E-state index contributed by atoms with van der Waals surface area (Å²) in [5, 5.41) is 6.39. The molecule has 1 aromatic carbocycles. The molecule has 3 rings (SSSR count). The van der Waals surface area contributed by atoms with Gasteiger partial charge in [-0.05, 0) is 35.8 Å². The molecule has 0 saturated heterocycles. The second-order valence-corrected chi connectivity index (χ2v) is 6.37. The van der Waals surface area contributed by atoms with Crippen LogP contribution in [-0.4, -0.2) is 16.8 Å². The van der Waals surface area contributed by atoms with E-state index < -0.39 is 0 Å². The number of aromatic nitrogens is 2. The topological polar surface area (TPSA) is 35.4 Å². The molecule has 4 nitrogen and oxygen atoms in total. The Hall–Kier alpha value is -1.83. The van der Waals surface area contributed by atoms with Gasteiger partial charge in [0, 0.05) is 5.56 Å². The van der Waals surface area contributed by atoms with Gasteiger partial charge in [0.15, 0.2) is 6.67 Å². The van der Waals surface area contributed by atoms with E-state index in [9.17, 15) is 4.39 Å². The van der Waals surface area contributed by atoms with Crippen LogP contribution < -0.4 is 4.90 Å². The summed E-state index contributed by atoms with van der Waals surface area (Å²) in [6, 6.07) is 10.4. The average Bonchev–Trinajstić information content (AvgIpc) is 3.12. The molecule has 0 aliphatic carbocycles. The van der Waals surface area contributed by atoms with E-state index in [0.29, 0.717) is 17.4 Å². The molecule has 7 heteroatoms. The van der Waals surface area contributed by atoms with Gasteiger partial charge in [0.25, 0.3) is 10.7 Å². The number of quaternary nitrogens is 1. The van der Waals surface area contributed by atoms with Crippen molar-refractivity contribution in [3.05, 3.63) is 58.0 Å². The molecular formula is C15H15FN3OS2+. The molecule has 0 amide bonds. The largest absolute Gasteiger partial charge is 0.408 e. The van der Waals surface area contributed by atoms with Crippen molar-refractivity contribution in [1.82, 2.24) is 9.78 Å². The first-order valence-corrected chi connectivity index (χ1v) is 8.08. The molecule has 22 heavy (non-hydrogen) atoms. The fraction of sp³-hybridized carbons (Fsp3) is 0.200. The van der Waals surface area contributed by atoms with E-state index in [1.54, 1.807) is 28.2 Å². The lowest BCUT2D eigenvalue weighted by atomic mass is 10.2. The predicted molar refractivity (Wildman–Crippen MR) is 85.6 cm³/mol. The number of hydrogen-bond acceptors (Lipinski definition) is 4. The number of rotatable bonds is 5. The van der Waals surface area contributed by atoms with Gasteiger partial charge in [0.05, 0.1) is 11.9 Å². The highest BCUT2D eigenvalue weighted by molar-refractivity contribution is 7.71. The van der Waals surface area contributed by atoms with Gasteiger partial charge in [-0.15, -0.1) is 16.4 Å². The fourth-order valence-electron chi connectivity index (χ4n) is 2.17. The molecule has 0 radical (unpaired) electrons. The fourth-order valence-corrected chi connectivity index (χ4v) is 3.00. The third kappa shape index (κ3) is 3.49. The van der Waals surface area contributed by atoms with Crippen molar-refractivity contribution in [3.63, 3.8) is 0 Å². The maximum atomic E-state index is 12.9.